The molecule has 3 aromatic rings. The maximum Gasteiger partial charge on any atom is 0.264 e. The fourth-order valence-corrected chi connectivity index (χ4v) is 4.66. The molecule has 152 valence electrons. The minimum atomic E-state index is -0.167. The first-order valence-corrected chi connectivity index (χ1v) is 11.1. The third kappa shape index (κ3) is 4.12. The Labute approximate surface area is 188 Å². The summed E-state index contributed by atoms with van der Waals surface area (Å²) in [6, 6.07) is 11.2. The van der Waals surface area contributed by atoms with Gasteiger partial charge in [-0.05, 0) is 49.2 Å². The van der Waals surface area contributed by atoms with Gasteiger partial charge in [0.15, 0.2) is 0 Å². The molecule has 0 atom stereocenters. The van der Waals surface area contributed by atoms with E-state index in [0.29, 0.717) is 10.6 Å². The van der Waals surface area contributed by atoms with Crippen molar-refractivity contribution in [2.24, 2.45) is 0 Å². The second-order valence-electron chi connectivity index (χ2n) is 7.17. The SMILES string of the molecule is Cc1c(CCN2CCOCC2)c2cc(Br)ccc2n1C(=O)c1cccc(Cl)c1Cl. The van der Waals surface area contributed by atoms with Gasteiger partial charge in [0.2, 0.25) is 0 Å². The lowest BCUT2D eigenvalue weighted by Gasteiger charge is -2.26. The Bertz CT molecular complexity index is 1070. The Morgan fingerprint density at radius 2 is 1.93 bits per heavy atom. The van der Waals surface area contributed by atoms with Crippen LogP contribution in [-0.4, -0.2) is 48.2 Å². The lowest BCUT2D eigenvalue weighted by atomic mass is 10.1. The Morgan fingerprint density at radius 3 is 2.69 bits per heavy atom. The van der Waals surface area contributed by atoms with Gasteiger partial charge < -0.3 is 4.74 Å². The third-order valence-electron chi connectivity index (χ3n) is 5.46. The Kier molecular flexibility index (Phi) is 6.32. The topological polar surface area (TPSA) is 34.5 Å². The van der Waals surface area contributed by atoms with Crippen LogP contribution >= 0.6 is 39.1 Å². The van der Waals surface area contributed by atoms with Gasteiger partial charge in [-0.3, -0.25) is 14.3 Å². The zero-order chi connectivity index (χ0) is 20.5. The molecule has 0 saturated carbocycles. The van der Waals surface area contributed by atoms with Crippen LogP contribution in [0.5, 0.6) is 0 Å². The monoisotopic (exact) mass is 494 g/mol. The summed E-state index contributed by atoms with van der Waals surface area (Å²) >= 11 is 16.1. The molecule has 4 nitrogen and oxygen atoms in total. The summed E-state index contributed by atoms with van der Waals surface area (Å²) in [6.07, 6.45) is 0.863. The van der Waals surface area contributed by atoms with Gasteiger partial charge in [-0.1, -0.05) is 45.2 Å². The van der Waals surface area contributed by atoms with Crippen LogP contribution in [0.15, 0.2) is 40.9 Å². The number of rotatable bonds is 4. The Hall–Kier alpha value is -1.37. The first-order chi connectivity index (χ1) is 14.0. The summed E-state index contributed by atoms with van der Waals surface area (Å²) in [6.45, 7) is 6.37. The van der Waals surface area contributed by atoms with Crippen molar-refractivity contribution >= 4 is 55.9 Å². The second-order valence-corrected chi connectivity index (χ2v) is 8.87. The molecule has 0 amide bonds. The Balaban J connectivity index is 1.77. The van der Waals surface area contributed by atoms with Gasteiger partial charge in [-0.2, -0.15) is 0 Å². The molecule has 2 heterocycles. The number of benzene rings is 2. The van der Waals surface area contributed by atoms with Gasteiger partial charge in [0, 0.05) is 35.2 Å². The van der Waals surface area contributed by atoms with Crippen LogP contribution in [0.1, 0.15) is 21.6 Å². The zero-order valence-corrected chi connectivity index (χ0v) is 19.1. The number of ether oxygens (including phenoxy) is 1. The maximum atomic E-state index is 13.4. The number of halogens is 3. The number of morpholine rings is 1. The number of hydrogen-bond donors (Lipinski definition) is 0. The van der Waals surface area contributed by atoms with Gasteiger partial charge >= 0.3 is 0 Å². The zero-order valence-electron chi connectivity index (χ0n) is 16.1. The molecule has 2 aromatic carbocycles. The van der Waals surface area contributed by atoms with E-state index in [1.54, 1.807) is 22.8 Å². The molecule has 1 aromatic heterocycles. The van der Waals surface area contributed by atoms with Crippen LogP contribution in [0.25, 0.3) is 10.9 Å². The highest BCUT2D eigenvalue weighted by atomic mass is 79.9. The number of carbonyl (C=O) groups is 1. The van der Waals surface area contributed by atoms with E-state index in [2.05, 4.69) is 26.9 Å². The molecule has 1 saturated heterocycles. The quantitative estimate of drug-likeness (QED) is 0.473. The molecule has 0 bridgehead atoms. The summed E-state index contributed by atoms with van der Waals surface area (Å²) < 4.78 is 8.19. The highest BCUT2D eigenvalue weighted by Crippen LogP contribution is 2.32. The largest absolute Gasteiger partial charge is 0.379 e. The summed E-state index contributed by atoms with van der Waals surface area (Å²) in [5, 5.41) is 1.74. The van der Waals surface area contributed by atoms with E-state index < -0.39 is 0 Å². The van der Waals surface area contributed by atoms with Gasteiger partial charge in [0.1, 0.15) is 0 Å². The van der Waals surface area contributed by atoms with Crippen molar-refractivity contribution in [2.75, 3.05) is 32.8 Å². The highest BCUT2D eigenvalue weighted by Gasteiger charge is 2.23. The molecule has 0 unspecified atom stereocenters. The van der Waals surface area contributed by atoms with Crippen LogP contribution in [0.3, 0.4) is 0 Å². The fraction of sp³-hybridized carbons (Fsp3) is 0.318. The van der Waals surface area contributed by atoms with Crippen LogP contribution in [0.2, 0.25) is 10.0 Å². The van der Waals surface area contributed by atoms with E-state index in [1.165, 1.54) is 5.56 Å². The van der Waals surface area contributed by atoms with Crippen molar-refractivity contribution in [1.29, 1.82) is 0 Å². The van der Waals surface area contributed by atoms with E-state index in [-0.39, 0.29) is 10.9 Å². The van der Waals surface area contributed by atoms with Crippen LogP contribution in [-0.2, 0) is 11.2 Å². The van der Waals surface area contributed by atoms with Crippen LogP contribution in [0.4, 0.5) is 0 Å². The van der Waals surface area contributed by atoms with Crippen molar-refractivity contribution in [3.63, 3.8) is 0 Å². The summed E-state index contributed by atoms with van der Waals surface area (Å²) in [7, 11) is 0. The lowest BCUT2D eigenvalue weighted by molar-refractivity contribution is 0.0384. The summed E-state index contributed by atoms with van der Waals surface area (Å²) in [5.74, 6) is -0.167. The van der Waals surface area contributed by atoms with Crippen molar-refractivity contribution in [2.45, 2.75) is 13.3 Å². The average Bonchev–Trinajstić information content (AvgIpc) is 2.99. The molecule has 0 radical (unpaired) electrons. The second kappa shape index (κ2) is 8.78. The van der Waals surface area contributed by atoms with Gasteiger partial charge in [-0.15, -0.1) is 0 Å². The molecule has 7 heteroatoms. The average molecular weight is 496 g/mol. The van der Waals surface area contributed by atoms with Crippen molar-refractivity contribution < 1.29 is 9.53 Å². The molecule has 1 aliphatic heterocycles. The van der Waals surface area contributed by atoms with Crippen molar-refractivity contribution in [3.05, 3.63) is 67.7 Å². The highest BCUT2D eigenvalue weighted by molar-refractivity contribution is 9.10. The number of nitrogens with zero attached hydrogens (tertiary/aromatic N) is 2. The minimum Gasteiger partial charge on any atom is -0.379 e. The number of hydrogen-bond acceptors (Lipinski definition) is 3. The molecular weight excluding hydrogens is 475 g/mol. The van der Waals surface area contributed by atoms with Gasteiger partial charge in [0.25, 0.3) is 5.91 Å². The first kappa shape index (κ1) is 20.9. The minimum absolute atomic E-state index is 0.167. The number of fused-ring (bicyclic) bond motifs is 1. The number of carbonyl (C=O) groups excluding carboxylic acids is 1. The van der Waals surface area contributed by atoms with Crippen LogP contribution in [0, 0.1) is 6.92 Å². The molecule has 0 spiro atoms. The van der Waals surface area contributed by atoms with E-state index in [4.69, 9.17) is 27.9 Å². The van der Waals surface area contributed by atoms with Gasteiger partial charge in [-0.25, -0.2) is 0 Å². The van der Waals surface area contributed by atoms with E-state index >= 15 is 0 Å². The molecule has 0 aliphatic carbocycles. The summed E-state index contributed by atoms with van der Waals surface area (Å²) in [4.78, 5) is 15.8. The smallest absolute Gasteiger partial charge is 0.264 e. The van der Waals surface area contributed by atoms with Crippen molar-refractivity contribution in [1.82, 2.24) is 9.47 Å². The molecule has 1 fully saturated rings. The molecule has 29 heavy (non-hydrogen) atoms. The maximum absolute atomic E-state index is 13.4. The lowest BCUT2D eigenvalue weighted by Crippen LogP contribution is -2.37. The van der Waals surface area contributed by atoms with Crippen molar-refractivity contribution in [3.8, 4) is 0 Å². The summed E-state index contributed by atoms with van der Waals surface area (Å²) in [5.41, 5.74) is 3.40. The molecule has 1 aliphatic rings. The predicted octanol–water partition coefficient (Wildman–Crippen LogP) is 5.58. The van der Waals surface area contributed by atoms with Gasteiger partial charge in [0.05, 0.1) is 34.3 Å². The fourth-order valence-electron chi connectivity index (χ4n) is 3.92. The standard InChI is InChI=1S/C22H21BrCl2N2O2/c1-14-16(7-8-26-9-11-29-12-10-26)18-13-15(23)5-6-20(18)27(14)22(28)17-3-2-4-19(24)21(17)25/h2-6,13H,7-12H2,1H3. The molecular formula is C22H21BrCl2N2O2. The third-order valence-corrected chi connectivity index (χ3v) is 6.78. The van der Waals surface area contributed by atoms with E-state index in [9.17, 15) is 4.79 Å². The van der Waals surface area contributed by atoms with E-state index in [0.717, 1.165) is 60.3 Å². The molecule has 4 rings (SSSR count). The molecule has 0 N–H and O–H groups in total. The predicted molar refractivity (Wildman–Crippen MR) is 122 cm³/mol. The Morgan fingerprint density at radius 1 is 1.17 bits per heavy atom. The first-order valence-electron chi connectivity index (χ1n) is 9.55. The number of aromatic nitrogens is 1. The normalized spacial score (nSPS) is 15.2. The van der Waals surface area contributed by atoms with Crippen LogP contribution < -0.4 is 0 Å². The van der Waals surface area contributed by atoms with E-state index in [1.807, 2.05) is 19.1 Å².